The van der Waals surface area contributed by atoms with Crippen LogP contribution in [0.2, 0.25) is 0 Å². The Labute approximate surface area is 96.9 Å². The molecule has 84 valence electrons. The average Bonchev–Trinajstić information content (AvgIpc) is 2.26. The maximum Gasteiger partial charge on any atom is 0.0962 e. The van der Waals surface area contributed by atoms with Crippen molar-refractivity contribution in [2.24, 2.45) is 0 Å². The van der Waals surface area contributed by atoms with Crippen LogP contribution in [0.5, 0.6) is 0 Å². The molecule has 1 atom stereocenters. The van der Waals surface area contributed by atoms with Gasteiger partial charge in [0.2, 0.25) is 0 Å². The fourth-order valence-electron chi connectivity index (χ4n) is 1.27. The zero-order chi connectivity index (χ0) is 10.9. The van der Waals surface area contributed by atoms with Crippen molar-refractivity contribution in [2.45, 2.75) is 37.0 Å². The van der Waals surface area contributed by atoms with Crippen LogP contribution in [0, 0.1) is 0 Å². The molecule has 0 aliphatic heterocycles. The van der Waals surface area contributed by atoms with Gasteiger partial charge in [0.15, 0.2) is 0 Å². The molecule has 1 aromatic rings. The highest BCUT2D eigenvalue weighted by molar-refractivity contribution is 7.99. The van der Waals surface area contributed by atoms with Crippen LogP contribution < -0.4 is 5.32 Å². The smallest absolute Gasteiger partial charge is 0.0962 e. The number of aromatic nitrogens is 1. The quantitative estimate of drug-likeness (QED) is 0.569. The number of hydrogen-bond donors (Lipinski definition) is 1. The second-order valence-corrected chi connectivity index (χ2v) is 5.11. The number of pyridine rings is 1. The van der Waals surface area contributed by atoms with E-state index in [4.69, 9.17) is 0 Å². The minimum atomic E-state index is 0.580. The summed E-state index contributed by atoms with van der Waals surface area (Å²) in [7, 11) is 0. The normalized spacial score (nSPS) is 12.7. The van der Waals surface area contributed by atoms with Gasteiger partial charge in [-0.25, -0.2) is 4.98 Å². The van der Waals surface area contributed by atoms with Gasteiger partial charge in [0.05, 0.1) is 5.03 Å². The lowest BCUT2D eigenvalue weighted by molar-refractivity contribution is 0.638. The second kappa shape index (κ2) is 7.71. The highest BCUT2D eigenvalue weighted by Gasteiger charge is 2.03. The molecule has 0 amide bonds. The molecule has 0 aliphatic carbocycles. The van der Waals surface area contributed by atoms with Crippen molar-refractivity contribution in [3.05, 3.63) is 24.4 Å². The third-order valence-corrected chi connectivity index (χ3v) is 3.15. The van der Waals surface area contributed by atoms with Crippen molar-refractivity contribution < 1.29 is 0 Å². The number of thioether (sulfide) groups is 1. The fourth-order valence-corrected chi connectivity index (χ4v) is 2.16. The van der Waals surface area contributed by atoms with Crippen molar-refractivity contribution in [3.63, 3.8) is 0 Å². The monoisotopic (exact) mass is 224 g/mol. The van der Waals surface area contributed by atoms with Crippen LogP contribution in [0.3, 0.4) is 0 Å². The summed E-state index contributed by atoms with van der Waals surface area (Å²) in [6.45, 7) is 6.64. The van der Waals surface area contributed by atoms with E-state index in [1.54, 1.807) is 0 Å². The first-order valence-corrected chi connectivity index (χ1v) is 6.49. The predicted octanol–water partition coefficient (Wildman–Crippen LogP) is 2.95. The van der Waals surface area contributed by atoms with Crippen LogP contribution >= 0.6 is 11.8 Å². The molecule has 0 aromatic carbocycles. The largest absolute Gasteiger partial charge is 0.316 e. The van der Waals surface area contributed by atoms with Gasteiger partial charge in [-0.2, -0.15) is 0 Å². The molecule has 0 radical (unpaired) electrons. The van der Waals surface area contributed by atoms with Crippen LogP contribution in [-0.4, -0.2) is 23.3 Å². The van der Waals surface area contributed by atoms with Gasteiger partial charge in [-0.15, -0.1) is 11.8 Å². The van der Waals surface area contributed by atoms with Crippen molar-refractivity contribution in [1.82, 2.24) is 10.3 Å². The minimum Gasteiger partial charge on any atom is -0.316 e. The molecule has 0 spiro atoms. The van der Waals surface area contributed by atoms with E-state index >= 15 is 0 Å². The molecule has 0 aliphatic rings. The van der Waals surface area contributed by atoms with Crippen molar-refractivity contribution in [3.8, 4) is 0 Å². The minimum absolute atomic E-state index is 0.580. The summed E-state index contributed by atoms with van der Waals surface area (Å²) in [6.07, 6.45) is 4.37. The van der Waals surface area contributed by atoms with Crippen LogP contribution in [0.15, 0.2) is 29.4 Å². The molecule has 0 saturated heterocycles. The highest BCUT2D eigenvalue weighted by atomic mass is 32.2. The lowest BCUT2D eigenvalue weighted by Gasteiger charge is -2.11. The SMILES string of the molecule is CCCCNCC(C)Sc1ccccn1. The number of hydrogen-bond acceptors (Lipinski definition) is 3. The Kier molecular flexibility index (Phi) is 6.44. The molecule has 1 heterocycles. The number of nitrogens with one attached hydrogen (secondary N) is 1. The molecule has 3 heteroatoms. The van der Waals surface area contributed by atoms with E-state index in [0.29, 0.717) is 5.25 Å². The van der Waals surface area contributed by atoms with Gasteiger partial charge >= 0.3 is 0 Å². The summed E-state index contributed by atoms with van der Waals surface area (Å²) in [6, 6.07) is 6.05. The Balaban J connectivity index is 2.16. The zero-order valence-corrected chi connectivity index (χ0v) is 10.4. The first-order chi connectivity index (χ1) is 7.33. The third kappa shape index (κ3) is 5.80. The van der Waals surface area contributed by atoms with E-state index in [1.807, 2.05) is 30.1 Å². The van der Waals surface area contributed by atoms with Crippen LogP contribution in [0.4, 0.5) is 0 Å². The molecule has 1 unspecified atom stereocenters. The fraction of sp³-hybridized carbons (Fsp3) is 0.583. The van der Waals surface area contributed by atoms with Gasteiger partial charge < -0.3 is 5.32 Å². The van der Waals surface area contributed by atoms with Crippen LogP contribution in [-0.2, 0) is 0 Å². The molecule has 0 bridgehead atoms. The van der Waals surface area contributed by atoms with Gasteiger partial charge in [0.25, 0.3) is 0 Å². The van der Waals surface area contributed by atoms with Gasteiger partial charge in [0.1, 0.15) is 0 Å². The van der Waals surface area contributed by atoms with Crippen LogP contribution in [0.1, 0.15) is 26.7 Å². The highest BCUT2D eigenvalue weighted by Crippen LogP contribution is 2.19. The summed E-state index contributed by atoms with van der Waals surface area (Å²) in [5.41, 5.74) is 0. The van der Waals surface area contributed by atoms with Crippen molar-refractivity contribution >= 4 is 11.8 Å². The Bertz CT molecular complexity index is 251. The van der Waals surface area contributed by atoms with Crippen LogP contribution in [0.25, 0.3) is 0 Å². The molecule has 15 heavy (non-hydrogen) atoms. The van der Waals surface area contributed by atoms with Gasteiger partial charge in [-0.3, -0.25) is 0 Å². The lowest BCUT2D eigenvalue weighted by atomic mass is 10.3. The Morgan fingerprint density at radius 2 is 2.33 bits per heavy atom. The molecule has 0 saturated carbocycles. The first-order valence-electron chi connectivity index (χ1n) is 5.61. The summed E-state index contributed by atoms with van der Waals surface area (Å²) >= 11 is 1.83. The van der Waals surface area contributed by atoms with E-state index in [1.165, 1.54) is 12.8 Å². The number of unbranched alkanes of at least 4 members (excludes halogenated alkanes) is 1. The van der Waals surface area contributed by atoms with E-state index in [9.17, 15) is 0 Å². The topological polar surface area (TPSA) is 24.9 Å². The Hall–Kier alpha value is -0.540. The van der Waals surface area contributed by atoms with E-state index in [-0.39, 0.29) is 0 Å². The number of rotatable bonds is 7. The van der Waals surface area contributed by atoms with Gasteiger partial charge in [0, 0.05) is 18.0 Å². The van der Waals surface area contributed by atoms with E-state index < -0.39 is 0 Å². The molecule has 1 rings (SSSR count). The molecular weight excluding hydrogens is 204 g/mol. The number of nitrogens with zero attached hydrogens (tertiary/aromatic N) is 1. The molecule has 1 aromatic heterocycles. The predicted molar refractivity (Wildman–Crippen MR) is 67.3 cm³/mol. The standard InChI is InChI=1S/C12H20N2S/c1-3-4-8-13-10-11(2)15-12-7-5-6-9-14-12/h5-7,9,11,13H,3-4,8,10H2,1-2H3. The Morgan fingerprint density at radius 3 is 3.00 bits per heavy atom. The lowest BCUT2D eigenvalue weighted by Crippen LogP contribution is -2.23. The first kappa shape index (κ1) is 12.5. The molecular formula is C12H20N2S. The molecule has 2 nitrogen and oxygen atoms in total. The van der Waals surface area contributed by atoms with E-state index in [2.05, 4.69) is 30.2 Å². The maximum atomic E-state index is 4.30. The zero-order valence-electron chi connectivity index (χ0n) is 9.57. The molecule has 0 fully saturated rings. The summed E-state index contributed by atoms with van der Waals surface area (Å²) < 4.78 is 0. The Morgan fingerprint density at radius 1 is 1.47 bits per heavy atom. The summed E-state index contributed by atoms with van der Waals surface area (Å²) in [5, 5.41) is 5.15. The van der Waals surface area contributed by atoms with E-state index in [0.717, 1.165) is 18.1 Å². The van der Waals surface area contributed by atoms with Crippen molar-refractivity contribution in [2.75, 3.05) is 13.1 Å². The third-order valence-electron chi connectivity index (χ3n) is 2.10. The van der Waals surface area contributed by atoms with Gasteiger partial charge in [-0.05, 0) is 25.1 Å². The summed E-state index contributed by atoms with van der Waals surface area (Å²) in [4.78, 5) is 4.30. The molecule has 1 N–H and O–H groups in total. The average molecular weight is 224 g/mol. The van der Waals surface area contributed by atoms with Crippen molar-refractivity contribution in [1.29, 1.82) is 0 Å². The maximum absolute atomic E-state index is 4.30. The summed E-state index contributed by atoms with van der Waals surface area (Å²) in [5.74, 6) is 0. The van der Waals surface area contributed by atoms with Gasteiger partial charge in [-0.1, -0.05) is 26.3 Å². The second-order valence-electron chi connectivity index (χ2n) is 3.65.